The molecular weight excluding hydrogens is 552 g/mol. The van der Waals surface area contributed by atoms with Crippen molar-refractivity contribution in [2.45, 2.75) is 39.0 Å². The Kier molecular flexibility index (Phi) is 10.2. The molecule has 4 rings (SSSR count). The van der Waals surface area contributed by atoms with Gasteiger partial charge in [0, 0.05) is 11.6 Å². The number of carbonyl (C=O) groups is 1. The van der Waals surface area contributed by atoms with E-state index >= 15 is 0 Å². The molecule has 0 saturated carbocycles. The highest BCUT2D eigenvalue weighted by Crippen LogP contribution is 2.45. The predicted molar refractivity (Wildman–Crippen MR) is 159 cm³/mol. The number of allylic oxidation sites excluding steroid dienone is 1. The van der Waals surface area contributed by atoms with E-state index in [1.165, 1.54) is 33.5 Å². The molecule has 1 aliphatic rings. The van der Waals surface area contributed by atoms with Crippen molar-refractivity contribution >= 4 is 5.97 Å². The molecular formula is C33H36N2O8. The van der Waals surface area contributed by atoms with Crippen molar-refractivity contribution in [3.63, 3.8) is 0 Å². The first-order valence-corrected chi connectivity index (χ1v) is 14.0. The zero-order valence-corrected chi connectivity index (χ0v) is 25.0. The summed E-state index contributed by atoms with van der Waals surface area (Å²) >= 11 is 0. The zero-order chi connectivity index (χ0) is 30.9. The van der Waals surface area contributed by atoms with Crippen LogP contribution in [0.3, 0.4) is 0 Å². The number of carbonyl (C=O) groups excluding carboxylic acids is 1. The van der Waals surface area contributed by atoms with Gasteiger partial charge in [0.25, 0.3) is 0 Å². The van der Waals surface area contributed by atoms with Crippen molar-refractivity contribution in [1.29, 1.82) is 5.26 Å². The maximum atomic E-state index is 13.1. The number of rotatable bonds is 13. The highest BCUT2D eigenvalue weighted by molar-refractivity contribution is 5.92. The molecule has 43 heavy (non-hydrogen) atoms. The zero-order valence-electron chi connectivity index (χ0n) is 25.0. The monoisotopic (exact) mass is 588 g/mol. The molecule has 1 aliphatic heterocycles. The van der Waals surface area contributed by atoms with Crippen LogP contribution in [0.5, 0.6) is 40.2 Å². The summed E-state index contributed by atoms with van der Waals surface area (Å²) in [5.74, 6) is 1.55. The van der Waals surface area contributed by atoms with Gasteiger partial charge in [0.1, 0.15) is 23.1 Å². The van der Waals surface area contributed by atoms with Gasteiger partial charge in [0.2, 0.25) is 11.6 Å². The van der Waals surface area contributed by atoms with Gasteiger partial charge in [-0.2, -0.15) is 5.26 Å². The number of ether oxygens (including phenoxy) is 7. The Balaban J connectivity index is 1.65. The summed E-state index contributed by atoms with van der Waals surface area (Å²) in [5.41, 5.74) is 8.12. The summed E-state index contributed by atoms with van der Waals surface area (Å²) < 4.78 is 39.4. The number of benzene rings is 3. The van der Waals surface area contributed by atoms with Crippen LogP contribution in [0.2, 0.25) is 0 Å². The van der Waals surface area contributed by atoms with Gasteiger partial charge in [-0.1, -0.05) is 31.9 Å². The molecule has 0 saturated heterocycles. The van der Waals surface area contributed by atoms with E-state index in [9.17, 15) is 10.1 Å². The molecule has 0 aliphatic carbocycles. The summed E-state index contributed by atoms with van der Waals surface area (Å²) in [7, 11) is 4.40. The number of unbranched alkanes of at least 4 members (excludes halogenated alkanes) is 2. The number of nitrogens with zero attached hydrogens (tertiary/aromatic N) is 1. The van der Waals surface area contributed by atoms with Gasteiger partial charge < -0.3 is 38.9 Å². The van der Waals surface area contributed by atoms with Crippen molar-refractivity contribution in [2.24, 2.45) is 5.73 Å². The first-order valence-electron chi connectivity index (χ1n) is 14.0. The molecule has 0 spiro atoms. The van der Waals surface area contributed by atoms with Gasteiger partial charge >= 0.3 is 5.97 Å². The summed E-state index contributed by atoms with van der Waals surface area (Å²) in [6.07, 6.45) is 3.12. The van der Waals surface area contributed by atoms with E-state index in [-0.39, 0.29) is 22.8 Å². The van der Waals surface area contributed by atoms with Crippen molar-refractivity contribution in [2.75, 3.05) is 34.5 Å². The third-order valence-corrected chi connectivity index (χ3v) is 6.91. The largest absolute Gasteiger partial charge is 0.493 e. The molecule has 10 nitrogen and oxygen atoms in total. The average molecular weight is 589 g/mol. The lowest BCUT2D eigenvalue weighted by molar-refractivity contribution is 0.0733. The van der Waals surface area contributed by atoms with E-state index in [0.29, 0.717) is 53.3 Å². The Morgan fingerprint density at radius 2 is 1.65 bits per heavy atom. The maximum absolute atomic E-state index is 13.1. The van der Waals surface area contributed by atoms with Crippen LogP contribution in [0.15, 0.2) is 60.0 Å². The molecule has 0 aromatic heterocycles. The number of fused-ring (bicyclic) bond motifs is 1. The third-order valence-electron chi connectivity index (χ3n) is 6.91. The fourth-order valence-corrected chi connectivity index (χ4v) is 4.83. The van der Waals surface area contributed by atoms with Gasteiger partial charge in [0.15, 0.2) is 23.0 Å². The second-order valence-corrected chi connectivity index (χ2v) is 9.62. The number of nitrogens with two attached hydrogens (primary N) is 1. The van der Waals surface area contributed by atoms with E-state index in [4.69, 9.17) is 38.9 Å². The second-order valence-electron chi connectivity index (χ2n) is 9.62. The highest BCUT2D eigenvalue weighted by Gasteiger charge is 2.32. The quantitative estimate of drug-likeness (QED) is 0.142. The minimum absolute atomic E-state index is 0.0362. The molecule has 1 unspecified atom stereocenters. The van der Waals surface area contributed by atoms with Crippen LogP contribution in [-0.4, -0.2) is 40.5 Å². The third kappa shape index (κ3) is 6.72. The minimum Gasteiger partial charge on any atom is -0.493 e. The Hall–Kier alpha value is -5.04. The molecule has 3 aromatic carbocycles. The molecule has 3 aromatic rings. The lowest BCUT2D eigenvalue weighted by atomic mass is 9.83. The first kappa shape index (κ1) is 30.9. The Morgan fingerprint density at radius 3 is 2.28 bits per heavy atom. The molecule has 1 heterocycles. The lowest BCUT2D eigenvalue weighted by Gasteiger charge is -2.27. The Morgan fingerprint density at radius 1 is 0.907 bits per heavy atom. The van der Waals surface area contributed by atoms with Crippen molar-refractivity contribution < 1.29 is 38.0 Å². The van der Waals surface area contributed by atoms with Crippen LogP contribution in [0.25, 0.3) is 0 Å². The fraction of sp³-hybridized carbons (Fsp3) is 0.333. The summed E-state index contributed by atoms with van der Waals surface area (Å²) in [4.78, 5) is 13.1. The molecule has 2 N–H and O–H groups in total. The van der Waals surface area contributed by atoms with E-state index in [1.54, 1.807) is 18.2 Å². The number of esters is 1. The predicted octanol–water partition coefficient (Wildman–Crippen LogP) is 6.12. The lowest BCUT2D eigenvalue weighted by Crippen LogP contribution is -2.21. The number of nitriles is 1. The van der Waals surface area contributed by atoms with Crippen molar-refractivity contribution in [3.8, 4) is 46.3 Å². The molecule has 0 fully saturated rings. The van der Waals surface area contributed by atoms with E-state index in [1.807, 2.05) is 25.1 Å². The van der Waals surface area contributed by atoms with Gasteiger partial charge in [-0.05, 0) is 49.2 Å². The summed E-state index contributed by atoms with van der Waals surface area (Å²) in [5, 5.41) is 10.0. The van der Waals surface area contributed by atoms with Gasteiger partial charge in [-0.25, -0.2) is 4.79 Å². The van der Waals surface area contributed by atoms with Crippen LogP contribution >= 0.6 is 0 Å². The highest BCUT2D eigenvalue weighted by atomic mass is 16.5. The molecule has 226 valence electrons. The molecule has 1 atom stereocenters. The van der Waals surface area contributed by atoms with E-state index in [0.717, 1.165) is 24.8 Å². The van der Waals surface area contributed by atoms with E-state index in [2.05, 4.69) is 13.0 Å². The number of methoxy groups -OCH3 is 3. The normalized spacial score (nSPS) is 13.7. The van der Waals surface area contributed by atoms with Gasteiger partial charge in [-0.3, -0.25) is 0 Å². The maximum Gasteiger partial charge on any atom is 0.343 e. The van der Waals surface area contributed by atoms with E-state index < -0.39 is 11.9 Å². The number of hydrogen-bond donors (Lipinski definition) is 1. The first-order chi connectivity index (χ1) is 20.9. The number of hydrogen-bond acceptors (Lipinski definition) is 10. The smallest absolute Gasteiger partial charge is 0.343 e. The summed E-state index contributed by atoms with van der Waals surface area (Å²) in [6.45, 7) is 5.07. The minimum atomic E-state index is -0.649. The molecule has 0 bridgehead atoms. The van der Waals surface area contributed by atoms with Crippen LogP contribution in [0.1, 0.15) is 60.5 Å². The van der Waals surface area contributed by atoms with Crippen LogP contribution in [0.4, 0.5) is 0 Å². The van der Waals surface area contributed by atoms with Crippen LogP contribution < -0.4 is 38.9 Å². The van der Waals surface area contributed by atoms with Crippen molar-refractivity contribution in [1.82, 2.24) is 0 Å². The van der Waals surface area contributed by atoms with Gasteiger partial charge in [-0.15, -0.1) is 0 Å². The molecule has 10 heteroatoms. The fourth-order valence-electron chi connectivity index (χ4n) is 4.83. The van der Waals surface area contributed by atoms with Crippen LogP contribution in [0, 0.1) is 11.3 Å². The topological polar surface area (TPSA) is 131 Å². The standard InChI is InChI=1S/C33H36N2O8/c1-6-8-9-14-41-25-13-10-20(15-27(25)40-7-2)30-23-12-11-22(18-26(23)43-32(35)24(30)19-34)42-33(36)21-16-28(37-3)31(39-5)29(17-21)38-4/h10-13,15-18,30H,6-9,14,35H2,1-5H3. The van der Waals surface area contributed by atoms with Crippen molar-refractivity contribution in [3.05, 3.63) is 76.7 Å². The molecule has 0 radical (unpaired) electrons. The SMILES string of the molecule is CCCCCOc1ccc(C2C(C#N)=C(N)Oc3cc(OC(=O)c4cc(OC)c(OC)c(OC)c4)ccc32)cc1OCC. The second kappa shape index (κ2) is 14.2. The average Bonchev–Trinajstić information content (AvgIpc) is 3.02. The Bertz CT molecular complexity index is 1520. The van der Waals surface area contributed by atoms with Crippen LogP contribution in [-0.2, 0) is 0 Å². The Labute approximate surface area is 251 Å². The van der Waals surface area contributed by atoms with Gasteiger partial charge in [0.05, 0.1) is 46.0 Å². The molecule has 0 amide bonds. The summed E-state index contributed by atoms with van der Waals surface area (Å²) in [6, 6.07) is 15.7.